The molecule has 0 bridgehead atoms. The van der Waals surface area contributed by atoms with Crippen molar-refractivity contribution in [3.63, 3.8) is 0 Å². The van der Waals surface area contributed by atoms with Crippen LogP contribution in [0.3, 0.4) is 0 Å². The third kappa shape index (κ3) is 41.8. The smallest absolute Gasteiger partial charge is 0.243 e. The second kappa shape index (κ2) is 60.6. The number of fused-ring (bicyclic) bond motifs is 1. The Kier molecular flexibility index (Phi) is 51.9. The second-order valence-corrected chi connectivity index (χ2v) is 37.7. The van der Waals surface area contributed by atoms with Crippen LogP contribution in [0.5, 0.6) is 5.75 Å². The molecule has 0 spiro atoms. The highest BCUT2D eigenvalue weighted by molar-refractivity contribution is 6.41. The van der Waals surface area contributed by atoms with Gasteiger partial charge in [0.15, 0.2) is 63.6 Å². The predicted octanol–water partition coefficient (Wildman–Crippen LogP) is 3.38. The molecule has 1 aliphatic heterocycles. The van der Waals surface area contributed by atoms with Gasteiger partial charge < -0.3 is 63.9 Å². The number of hydrazine groups is 3. The molecule has 0 fully saturated rings. The number of rotatable bonds is 45. The van der Waals surface area contributed by atoms with Crippen LogP contribution in [0.1, 0.15) is 242 Å². The molecule has 37 heteroatoms. The largest absolute Gasteiger partial charge is 0.508 e. The topological polar surface area (TPSA) is 579 Å². The van der Waals surface area contributed by atoms with Crippen molar-refractivity contribution in [1.29, 1.82) is 0 Å². The first-order valence-electron chi connectivity index (χ1n) is 48.3. The fraction of sp³-hybridized carbons (Fsp3) is 0.610. The van der Waals surface area contributed by atoms with E-state index in [1.54, 1.807) is 76.4 Å². The van der Waals surface area contributed by atoms with Crippen LogP contribution < -0.4 is 91.9 Å². The number of primary amides is 1. The quantitative estimate of drug-likeness (QED) is 0.00991. The molecule has 4 aromatic rings. The summed E-state index contributed by atoms with van der Waals surface area (Å²) in [6.07, 6.45) is 7.45. The van der Waals surface area contributed by atoms with Gasteiger partial charge in [0.2, 0.25) is 35.2 Å². The predicted molar refractivity (Wildman–Crippen MR) is 522 cm³/mol. The molecule has 37 nitrogen and oxygen atoms in total. The Morgan fingerprint density at radius 1 is 0.577 bits per heavy atom. The zero-order chi connectivity index (χ0) is 102. The molecule has 0 saturated heterocycles. The minimum Gasteiger partial charge on any atom is -0.508 e. The van der Waals surface area contributed by atoms with E-state index in [9.17, 15) is 86.9 Å². The number of unbranched alkanes of at least 4 members (excludes halogenated alkanes) is 1. The minimum absolute atomic E-state index is 0.0100. The van der Waals surface area contributed by atoms with Crippen molar-refractivity contribution < 1.29 is 91.7 Å². The first-order chi connectivity index (χ1) is 64.9. The highest BCUT2D eigenvalue weighted by Crippen LogP contribution is 2.25. The lowest BCUT2D eigenvalue weighted by Crippen LogP contribution is -2.63. The molecule has 4 amide bonds. The van der Waals surface area contributed by atoms with E-state index >= 15 is 4.79 Å². The molecule has 0 unspecified atom stereocenters. The van der Waals surface area contributed by atoms with E-state index < -0.39 is 210 Å². The number of hydrogen-bond donors (Lipinski definition) is 20. The average Bonchev–Trinajstić information content (AvgIpc) is 1.74. The Morgan fingerprint density at radius 3 is 1.80 bits per heavy atom. The lowest BCUT2D eigenvalue weighted by molar-refractivity contribution is -0.142. The molecule has 22 N–H and O–H groups in total. The Balaban J connectivity index is 1.49. The van der Waals surface area contributed by atoms with Gasteiger partial charge in [0, 0.05) is 50.1 Å². The Morgan fingerprint density at radius 2 is 1.18 bits per heavy atom. The Labute approximate surface area is 805 Å². The molecule has 5 rings (SSSR count). The number of phenolic OH excluding ortho intramolecular Hbond substituents is 1. The summed E-state index contributed by atoms with van der Waals surface area (Å²) in [5.41, 5.74) is 28.4. The van der Waals surface area contributed by atoms with Gasteiger partial charge in [-0.3, -0.25) is 92.1 Å². The fourth-order valence-corrected chi connectivity index (χ4v) is 15.7. The molecule has 137 heavy (non-hydrogen) atoms. The summed E-state index contributed by atoms with van der Waals surface area (Å²) in [4.78, 5) is 242. The number of allylic oxidation sites excluding steroid dienone is 2. The van der Waals surface area contributed by atoms with Gasteiger partial charge in [-0.2, -0.15) is 0 Å². The maximum absolute atomic E-state index is 15.1. The standard InChI is InChI=1S/C100H154N18O19/c1-15-16-34-75(89(129)56-105-66(10)88(128)54-101)109-59-108-62(6)82(122)42-45-103-63(7)85(125)53-91(131)99(13)43-29-22-20-18-17-19-21-23-30-44-100(14,118-117-79(49-69-31-25-24-26-32-69)95(134)96(135)94(67(11)119)111-97(136)80(46-60(2)3)110-68(12)120)92(132)58-106-65(9)84(124)51-86(126)77(48-70-36-38-72(121)39-37-70)114-115-78(50-71-55-107-74-35-28-27-33-73(71)74)87(127)52-83(123)64(8)104-57-90(130)76(40-41-93(102)133)113-116-81(47-61(4)5)98(137)112-99/h18,20,24-28,31-33,35-39,55,60-67,75-81,94,103-109,113-119,121H,15-17,19,21-23,29-30,34,40-54,56-59,101H2,1-14H3,(H2,102,133)(H,110,120)(H,111,136)(H,112,137)/t62-,63-,64-,65-,66-,67+,75-,76-,77-,78-,79-,80-,81-,94-,99-,100+/m0/s1. The highest BCUT2D eigenvalue weighted by Gasteiger charge is 2.42. The van der Waals surface area contributed by atoms with Crippen molar-refractivity contribution in [2.75, 3.05) is 39.4 Å². The molecule has 1 aliphatic rings. The van der Waals surface area contributed by atoms with Gasteiger partial charge >= 0.3 is 0 Å². The Bertz CT molecular complexity index is 4680. The first-order valence-corrected chi connectivity index (χ1v) is 48.3. The van der Waals surface area contributed by atoms with Crippen molar-refractivity contribution in [3.05, 3.63) is 114 Å². The van der Waals surface area contributed by atoms with Gasteiger partial charge in [-0.05, 0) is 186 Å². The van der Waals surface area contributed by atoms with E-state index in [1.807, 2.05) is 71.0 Å². The van der Waals surface area contributed by atoms with Crippen LogP contribution in [-0.2, 0) is 101 Å². The number of aliphatic hydroxyl groups excluding tert-OH is 1. The average molecular weight is 1910 g/mol. The summed E-state index contributed by atoms with van der Waals surface area (Å²) in [7, 11) is 0. The number of aliphatic hydroxyl groups is 1. The number of benzene rings is 3. The van der Waals surface area contributed by atoms with E-state index in [0.29, 0.717) is 68.1 Å². The number of ketones is 13. The molecule has 0 aliphatic carbocycles. The number of phenols is 1. The SMILES string of the molecule is CCCC[C@H](NCN[C@@H](C)C(=O)CCN[C@@H](C)C(=O)CC(=O)[C@]1(C)CCCC=CCCCCCC[C@@](C)(NN[C@@H](Cc2ccccc2)C(=O)C(=O)[C@@H](NC(=O)[C@H](CC(C)C)NC(C)=O)[C@@H](C)O)C(=O)CN[C@@H](C)C(=O)CC(=O)[C@H](Cc2ccc(O)cc2)NN[C@@H](Cc2c[nH]c3ccccc23)C(=O)CC(=O)[C@H](C)NCC(=O)[C@H](CCC(N)=O)NN[C@@H](CC(C)C)C(=O)N1)C(=O)CN[C@@H](C)C(=O)CN. The normalized spacial score (nSPS) is 22.2. The zero-order valence-corrected chi connectivity index (χ0v) is 82.5. The number of nitrogens with two attached hydrogens (primary N) is 2. The molecule has 0 radical (unpaired) electrons. The number of Topliss-reactive ketones (excluding diaryl/α,β-unsaturated/α-hetero) is 13. The monoisotopic (exact) mass is 1910 g/mol. The second-order valence-electron chi connectivity index (χ2n) is 37.7. The molecule has 3 aromatic carbocycles. The van der Waals surface area contributed by atoms with Crippen LogP contribution in [0.15, 0.2) is 97.2 Å². The van der Waals surface area contributed by atoms with Gasteiger partial charge in [-0.25, -0.2) is 32.6 Å². The first kappa shape index (κ1) is 117. The minimum atomic E-state index is -1.77. The summed E-state index contributed by atoms with van der Waals surface area (Å²) < 4.78 is 0. The van der Waals surface area contributed by atoms with Crippen molar-refractivity contribution in [2.45, 2.75) is 340 Å². The number of aromatic amines is 1. The van der Waals surface area contributed by atoms with Crippen LogP contribution >= 0.6 is 0 Å². The van der Waals surface area contributed by atoms with Gasteiger partial charge in [0.25, 0.3) is 0 Å². The van der Waals surface area contributed by atoms with Crippen molar-refractivity contribution in [3.8, 4) is 5.75 Å². The van der Waals surface area contributed by atoms with Crippen LogP contribution in [0.4, 0.5) is 0 Å². The maximum Gasteiger partial charge on any atom is 0.243 e. The van der Waals surface area contributed by atoms with E-state index in [0.717, 1.165) is 23.7 Å². The number of aromatic nitrogens is 1. The molecular weight excluding hydrogens is 1760 g/mol. The summed E-state index contributed by atoms with van der Waals surface area (Å²) in [6.45, 7) is 21.7. The number of nitrogens with one attached hydrogen (secondary N) is 16. The number of carbonyl (C=O) groups is 17. The molecule has 16 atom stereocenters. The molecule has 758 valence electrons. The summed E-state index contributed by atoms with van der Waals surface area (Å²) in [5, 5.41) is 48.4. The fourth-order valence-electron chi connectivity index (χ4n) is 15.7. The number of hydrogen-bond acceptors (Lipinski definition) is 32. The number of amides is 4. The van der Waals surface area contributed by atoms with Crippen LogP contribution in [0.2, 0.25) is 0 Å². The number of H-pyrrole nitrogens is 1. The Hall–Kier alpha value is -10.2. The number of aromatic hydroxyl groups is 1. The summed E-state index contributed by atoms with van der Waals surface area (Å²) in [5.74, 6) is -10.7. The lowest BCUT2D eigenvalue weighted by atomic mass is 9.86. The highest BCUT2D eigenvalue weighted by atomic mass is 16.3. The number of carbonyl (C=O) groups excluding carboxylic acids is 17. The molecule has 0 saturated carbocycles. The van der Waals surface area contributed by atoms with Gasteiger partial charge in [0.05, 0.1) is 123 Å². The maximum atomic E-state index is 15.1. The van der Waals surface area contributed by atoms with Crippen LogP contribution in [0.25, 0.3) is 10.9 Å². The summed E-state index contributed by atoms with van der Waals surface area (Å²) >= 11 is 0. The molecule has 1 aromatic heterocycles. The molecular formula is C100H154N18O19. The lowest BCUT2D eigenvalue weighted by Gasteiger charge is -2.33. The third-order valence-corrected chi connectivity index (χ3v) is 24.9. The van der Waals surface area contributed by atoms with Crippen LogP contribution in [-0.4, -0.2) is 249 Å². The van der Waals surface area contributed by atoms with E-state index in [-0.39, 0.29) is 125 Å². The van der Waals surface area contributed by atoms with Crippen LogP contribution in [0, 0.1) is 11.8 Å². The van der Waals surface area contributed by atoms with E-state index in [2.05, 4.69) is 85.4 Å². The third-order valence-electron chi connectivity index (χ3n) is 24.9. The number of para-hydroxylation sites is 1. The van der Waals surface area contributed by atoms with Gasteiger partial charge in [0.1, 0.15) is 23.9 Å². The van der Waals surface area contributed by atoms with Gasteiger partial charge in [-0.15, -0.1) is 0 Å². The van der Waals surface area contributed by atoms with E-state index in [4.69, 9.17) is 11.5 Å². The summed E-state index contributed by atoms with van der Waals surface area (Å²) in [6, 6.07) is 7.65. The zero-order valence-electron chi connectivity index (χ0n) is 82.5. The van der Waals surface area contributed by atoms with Crippen molar-refractivity contribution >= 4 is 110 Å². The molecule has 2 heterocycles. The van der Waals surface area contributed by atoms with Crippen molar-refractivity contribution in [1.82, 2.24) is 85.4 Å². The van der Waals surface area contributed by atoms with Gasteiger partial charge in [-0.1, -0.05) is 140 Å². The van der Waals surface area contributed by atoms with E-state index in [1.165, 1.54) is 46.8 Å². The van der Waals surface area contributed by atoms with Crippen molar-refractivity contribution in [2.24, 2.45) is 23.3 Å².